The highest BCUT2D eigenvalue weighted by Crippen LogP contribution is 2.34. The molecule has 2 aromatic heterocycles. The standard InChI is InChI=1S/C21H19N3O/c1-22-9-7-14-12-20-15(11-19(14)22)8-10-24(20)21(25)17-13-23(2)18-6-4-3-5-16(17)18/h3-7,9,11-13H,8,10H2,1-2H3. The molecule has 1 aliphatic heterocycles. The second-order valence-corrected chi connectivity index (χ2v) is 6.84. The molecular weight excluding hydrogens is 310 g/mol. The molecule has 5 rings (SSSR count). The molecule has 25 heavy (non-hydrogen) atoms. The Kier molecular flexibility index (Phi) is 2.86. The molecule has 0 spiro atoms. The Hall–Kier alpha value is -3.01. The van der Waals surface area contributed by atoms with E-state index < -0.39 is 0 Å². The fourth-order valence-corrected chi connectivity index (χ4v) is 4.02. The van der Waals surface area contributed by atoms with E-state index in [-0.39, 0.29) is 5.91 Å². The van der Waals surface area contributed by atoms with Gasteiger partial charge >= 0.3 is 0 Å². The molecule has 2 aromatic carbocycles. The summed E-state index contributed by atoms with van der Waals surface area (Å²) in [6.07, 6.45) is 4.93. The molecule has 4 nitrogen and oxygen atoms in total. The van der Waals surface area contributed by atoms with E-state index in [1.807, 2.05) is 40.9 Å². The monoisotopic (exact) mass is 329 g/mol. The van der Waals surface area contributed by atoms with Crippen LogP contribution in [0.5, 0.6) is 0 Å². The van der Waals surface area contributed by atoms with Crippen molar-refractivity contribution in [3.63, 3.8) is 0 Å². The van der Waals surface area contributed by atoms with Crippen LogP contribution in [0.3, 0.4) is 0 Å². The SMILES string of the molecule is Cn1ccc2cc3c(cc21)CCN3C(=O)c1cn(C)c2ccccc12. The number of amides is 1. The normalized spacial score (nSPS) is 13.8. The summed E-state index contributed by atoms with van der Waals surface area (Å²) in [5.41, 5.74) is 5.39. The molecule has 0 N–H and O–H groups in total. The van der Waals surface area contributed by atoms with E-state index in [0.717, 1.165) is 35.1 Å². The van der Waals surface area contributed by atoms with E-state index in [2.05, 4.69) is 42.1 Å². The quantitative estimate of drug-likeness (QED) is 0.521. The minimum Gasteiger partial charge on any atom is -0.351 e. The number of para-hydroxylation sites is 1. The van der Waals surface area contributed by atoms with Gasteiger partial charge in [-0.05, 0) is 36.2 Å². The maximum Gasteiger partial charge on any atom is 0.260 e. The minimum atomic E-state index is 0.0887. The smallest absolute Gasteiger partial charge is 0.260 e. The molecule has 0 atom stereocenters. The molecule has 0 saturated carbocycles. The van der Waals surface area contributed by atoms with E-state index in [1.54, 1.807) is 0 Å². The molecule has 0 aliphatic carbocycles. The van der Waals surface area contributed by atoms with Gasteiger partial charge in [0.05, 0.1) is 5.56 Å². The highest BCUT2D eigenvalue weighted by molar-refractivity contribution is 6.15. The molecule has 1 aliphatic rings. The Morgan fingerprint density at radius 2 is 1.84 bits per heavy atom. The predicted octanol–water partition coefficient (Wildman–Crippen LogP) is 3.87. The Morgan fingerprint density at radius 3 is 2.72 bits per heavy atom. The third-order valence-corrected chi connectivity index (χ3v) is 5.35. The average Bonchev–Trinajstić information content (AvgIpc) is 3.30. The number of carbonyl (C=O) groups excluding carboxylic acids is 1. The van der Waals surface area contributed by atoms with Crippen LogP contribution in [0.15, 0.2) is 54.9 Å². The van der Waals surface area contributed by atoms with Gasteiger partial charge in [0, 0.05) is 60.5 Å². The van der Waals surface area contributed by atoms with Crippen LogP contribution in [0.25, 0.3) is 21.8 Å². The first kappa shape index (κ1) is 14.3. The van der Waals surface area contributed by atoms with Crippen molar-refractivity contribution in [1.29, 1.82) is 0 Å². The average molecular weight is 329 g/mol. The number of hydrogen-bond acceptors (Lipinski definition) is 1. The number of fused-ring (bicyclic) bond motifs is 3. The van der Waals surface area contributed by atoms with Gasteiger partial charge in [-0.2, -0.15) is 0 Å². The van der Waals surface area contributed by atoms with Crippen molar-refractivity contribution < 1.29 is 4.79 Å². The van der Waals surface area contributed by atoms with Crippen molar-refractivity contribution in [1.82, 2.24) is 9.13 Å². The Balaban J connectivity index is 1.63. The molecule has 4 heteroatoms. The highest BCUT2D eigenvalue weighted by Gasteiger charge is 2.28. The summed E-state index contributed by atoms with van der Waals surface area (Å²) >= 11 is 0. The lowest BCUT2D eigenvalue weighted by Gasteiger charge is -2.17. The number of aryl methyl sites for hydroxylation is 2. The topological polar surface area (TPSA) is 30.2 Å². The molecule has 3 heterocycles. The molecule has 0 radical (unpaired) electrons. The summed E-state index contributed by atoms with van der Waals surface area (Å²) in [6.45, 7) is 0.744. The number of anilines is 1. The first-order valence-corrected chi connectivity index (χ1v) is 8.57. The number of aromatic nitrogens is 2. The van der Waals surface area contributed by atoms with Crippen molar-refractivity contribution in [2.24, 2.45) is 14.1 Å². The molecule has 0 fully saturated rings. The largest absolute Gasteiger partial charge is 0.351 e. The zero-order valence-corrected chi connectivity index (χ0v) is 14.4. The van der Waals surface area contributed by atoms with Crippen LogP contribution in [-0.2, 0) is 20.5 Å². The van der Waals surface area contributed by atoms with E-state index in [9.17, 15) is 4.79 Å². The van der Waals surface area contributed by atoms with Gasteiger partial charge in [-0.1, -0.05) is 18.2 Å². The van der Waals surface area contributed by atoms with Gasteiger partial charge in [0.25, 0.3) is 5.91 Å². The van der Waals surface area contributed by atoms with Crippen molar-refractivity contribution in [2.45, 2.75) is 6.42 Å². The number of rotatable bonds is 1. The van der Waals surface area contributed by atoms with E-state index in [1.165, 1.54) is 16.5 Å². The van der Waals surface area contributed by atoms with E-state index >= 15 is 0 Å². The van der Waals surface area contributed by atoms with Gasteiger partial charge in [-0.3, -0.25) is 4.79 Å². The number of carbonyl (C=O) groups is 1. The fourth-order valence-electron chi connectivity index (χ4n) is 4.02. The molecule has 1 amide bonds. The van der Waals surface area contributed by atoms with Crippen LogP contribution in [0, 0.1) is 0 Å². The van der Waals surface area contributed by atoms with Crippen LogP contribution in [0.1, 0.15) is 15.9 Å². The van der Waals surface area contributed by atoms with Crippen molar-refractivity contribution in [2.75, 3.05) is 11.4 Å². The molecular formula is C21H19N3O. The van der Waals surface area contributed by atoms with Crippen LogP contribution < -0.4 is 4.90 Å². The van der Waals surface area contributed by atoms with Gasteiger partial charge < -0.3 is 14.0 Å². The van der Waals surface area contributed by atoms with Gasteiger partial charge in [0.1, 0.15) is 0 Å². The fraction of sp³-hybridized carbons (Fsp3) is 0.190. The van der Waals surface area contributed by atoms with Gasteiger partial charge in [0.15, 0.2) is 0 Å². The van der Waals surface area contributed by atoms with E-state index in [0.29, 0.717) is 0 Å². The first-order chi connectivity index (χ1) is 12.1. The lowest BCUT2D eigenvalue weighted by molar-refractivity contribution is 0.0991. The lowest BCUT2D eigenvalue weighted by Crippen LogP contribution is -2.28. The molecule has 124 valence electrons. The molecule has 4 aromatic rings. The summed E-state index contributed by atoms with van der Waals surface area (Å²) in [5, 5.41) is 2.20. The number of hydrogen-bond donors (Lipinski definition) is 0. The van der Waals surface area contributed by atoms with Crippen molar-refractivity contribution >= 4 is 33.4 Å². The molecule has 0 saturated heterocycles. The number of benzene rings is 2. The lowest BCUT2D eigenvalue weighted by atomic mass is 10.1. The van der Waals surface area contributed by atoms with Crippen LogP contribution >= 0.6 is 0 Å². The predicted molar refractivity (Wildman–Crippen MR) is 101 cm³/mol. The van der Waals surface area contributed by atoms with Crippen LogP contribution in [0.4, 0.5) is 5.69 Å². The van der Waals surface area contributed by atoms with Gasteiger partial charge in [-0.25, -0.2) is 0 Å². The second kappa shape index (κ2) is 4.99. The highest BCUT2D eigenvalue weighted by atomic mass is 16.2. The summed E-state index contributed by atoms with van der Waals surface area (Å²) < 4.78 is 4.16. The molecule has 0 unspecified atom stereocenters. The third-order valence-electron chi connectivity index (χ3n) is 5.35. The second-order valence-electron chi connectivity index (χ2n) is 6.84. The Labute approximate surface area is 145 Å². The Morgan fingerprint density at radius 1 is 1.00 bits per heavy atom. The Bertz CT molecular complexity index is 1150. The van der Waals surface area contributed by atoms with Crippen LogP contribution in [0.2, 0.25) is 0 Å². The maximum atomic E-state index is 13.3. The third kappa shape index (κ3) is 1.97. The first-order valence-electron chi connectivity index (χ1n) is 8.57. The maximum absolute atomic E-state index is 13.3. The zero-order valence-electron chi connectivity index (χ0n) is 14.4. The summed E-state index contributed by atoms with van der Waals surface area (Å²) in [7, 11) is 4.05. The van der Waals surface area contributed by atoms with Crippen molar-refractivity contribution in [3.8, 4) is 0 Å². The number of nitrogens with zero attached hydrogens (tertiary/aromatic N) is 3. The summed E-state index contributed by atoms with van der Waals surface area (Å²) in [5.74, 6) is 0.0887. The van der Waals surface area contributed by atoms with Gasteiger partial charge in [0.2, 0.25) is 0 Å². The zero-order chi connectivity index (χ0) is 17.1. The summed E-state index contributed by atoms with van der Waals surface area (Å²) in [6, 6.07) is 14.6. The summed E-state index contributed by atoms with van der Waals surface area (Å²) in [4.78, 5) is 15.2. The van der Waals surface area contributed by atoms with Crippen molar-refractivity contribution in [3.05, 3.63) is 66.0 Å². The van der Waals surface area contributed by atoms with E-state index in [4.69, 9.17) is 0 Å². The van der Waals surface area contributed by atoms with Gasteiger partial charge in [-0.15, -0.1) is 0 Å². The molecule has 0 bridgehead atoms. The minimum absolute atomic E-state index is 0.0887. The van der Waals surface area contributed by atoms with Crippen LogP contribution in [-0.4, -0.2) is 21.6 Å².